The number of rotatable bonds is 5. The number of amides is 2. The molecule has 0 aromatic heterocycles. The van der Waals surface area contributed by atoms with E-state index in [0.717, 1.165) is 5.56 Å². The van der Waals surface area contributed by atoms with Crippen LogP contribution in [0.4, 0.5) is 0 Å². The van der Waals surface area contributed by atoms with Gasteiger partial charge in [-0.25, -0.2) is 0 Å². The van der Waals surface area contributed by atoms with Crippen molar-refractivity contribution in [1.29, 1.82) is 0 Å². The molecule has 6 nitrogen and oxygen atoms in total. The van der Waals surface area contributed by atoms with Gasteiger partial charge in [-0.1, -0.05) is 29.3 Å². The second-order valence-corrected chi connectivity index (χ2v) is 6.57. The molecular formula is C18H16Cl2N2O4. The first kappa shape index (κ1) is 18.4. The maximum Gasteiger partial charge on any atom is 0.253 e. The molecule has 136 valence electrons. The largest absolute Gasteiger partial charge is 0.454 e. The van der Waals surface area contributed by atoms with Crippen LogP contribution in [0.15, 0.2) is 36.4 Å². The minimum atomic E-state index is -0.733. The van der Waals surface area contributed by atoms with Crippen LogP contribution in [0, 0.1) is 0 Å². The van der Waals surface area contributed by atoms with E-state index in [1.54, 1.807) is 25.1 Å². The molecule has 2 N–H and O–H groups in total. The average Bonchev–Trinajstić information content (AvgIpc) is 3.07. The van der Waals surface area contributed by atoms with Crippen molar-refractivity contribution < 1.29 is 19.1 Å². The zero-order chi connectivity index (χ0) is 18.7. The van der Waals surface area contributed by atoms with E-state index in [-0.39, 0.29) is 23.3 Å². The number of fused-ring (bicyclic) bond motifs is 1. The minimum absolute atomic E-state index is 0.196. The maximum atomic E-state index is 12.2. The van der Waals surface area contributed by atoms with Crippen molar-refractivity contribution in [3.05, 3.63) is 57.6 Å². The Kier molecular flexibility index (Phi) is 5.54. The van der Waals surface area contributed by atoms with Gasteiger partial charge in [0.1, 0.15) is 6.04 Å². The van der Waals surface area contributed by atoms with Crippen LogP contribution < -0.4 is 20.1 Å². The predicted molar refractivity (Wildman–Crippen MR) is 97.8 cm³/mol. The zero-order valence-electron chi connectivity index (χ0n) is 13.8. The summed E-state index contributed by atoms with van der Waals surface area (Å²) in [6, 6.07) is 9.25. The van der Waals surface area contributed by atoms with Crippen molar-refractivity contribution in [1.82, 2.24) is 10.6 Å². The maximum absolute atomic E-state index is 12.2. The number of carbonyl (C=O) groups is 2. The third kappa shape index (κ3) is 4.20. The van der Waals surface area contributed by atoms with E-state index in [1.807, 2.05) is 6.07 Å². The van der Waals surface area contributed by atoms with Crippen molar-refractivity contribution in [2.24, 2.45) is 0 Å². The third-order valence-electron chi connectivity index (χ3n) is 3.82. The molecule has 0 bridgehead atoms. The molecule has 1 heterocycles. The number of carbonyl (C=O) groups excluding carboxylic acids is 2. The molecule has 26 heavy (non-hydrogen) atoms. The van der Waals surface area contributed by atoms with Gasteiger partial charge in [0.15, 0.2) is 11.5 Å². The molecule has 0 radical (unpaired) electrons. The van der Waals surface area contributed by atoms with E-state index in [9.17, 15) is 9.59 Å². The summed E-state index contributed by atoms with van der Waals surface area (Å²) in [5.41, 5.74) is 1.12. The molecule has 2 aromatic carbocycles. The van der Waals surface area contributed by atoms with Crippen molar-refractivity contribution in [2.75, 3.05) is 6.79 Å². The van der Waals surface area contributed by atoms with Gasteiger partial charge in [-0.15, -0.1) is 0 Å². The molecule has 0 saturated heterocycles. The van der Waals surface area contributed by atoms with E-state index in [1.165, 1.54) is 12.1 Å². The molecule has 1 aliphatic heterocycles. The van der Waals surface area contributed by atoms with Crippen molar-refractivity contribution in [3.63, 3.8) is 0 Å². The van der Waals surface area contributed by atoms with E-state index in [4.69, 9.17) is 32.7 Å². The lowest BCUT2D eigenvalue weighted by atomic mass is 10.2. The molecular weight excluding hydrogens is 379 g/mol. The summed E-state index contributed by atoms with van der Waals surface area (Å²) in [7, 11) is 0. The van der Waals surface area contributed by atoms with E-state index < -0.39 is 11.9 Å². The summed E-state index contributed by atoms with van der Waals surface area (Å²) in [6.07, 6.45) is 0. The van der Waals surface area contributed by atoms with Crippen LogP contribution in [-0.2, 0) is 11.3 Å². The van der Waals surface area contributed by atoms with E-state index in [0.29, 0.717) is 23.1 Å². The number of hydrogen-bond donors (Lipinski definition) is 2. The Hall–Kier alpha value is -2.44. The van der Waals surface area contributed by atoms with Gasteiger partial charge >= 0.3 is 0 Å². The lowest BCUT2D eigenvalue weighted by Crippen LogP contribution is -2.44. The minimum Gasteiger partial charge on any atom is -0.454 e. The Balaban J connectivity index is 1.55. The standard InChI is InChI=1S/C18H16Cl2N2O4/c1-10(22-18(24)13-4-3-12(19)7-14(13)20)17(23)21-8-11-2-5-15-16(6-11)26-9-25-15/h2-7,10H,8-9H2,1H3,(H,21,23)(H,22,24)/t10-/m1/s1. The number of hydrogen-bond acceptors (Lipinski definition) is 4. The first-order chi connectivity index (χ1) is 12.4. The van der Waals surface area contributed by atoms with Crippen LogP contribution in [0.25, 0.3) is 0 Å². The highest BCUT2D eigenvalue weighted by Gasteiger charge is 2.19. The Morgan fingerprint density at radius 3 is 2.65 bits per heavy atom. The summed E-state index contributed by atoms with van der Waals surface area (Å²) in [6.45, 7) is 2.09. The molecule has 0 aliphatic carbocycles. The molecule has 3 rings (SSSR count). The van der Waals surface area contributed by atoms with Crippen molar-refractivity contribution in [2.45, 2.75) is 19.5 Å². The summed E-state index contributed by atoms with van der Waals surface area (Å²) in [5, 5.41) is 6.03. The van der Waals surface area contributed by atoms with Crippen molar-refractivity contribution in [3.8, 4) is 11.5 Å². The van der Waals surface area contributed by atoms with Crippen LogP contribution in [0.3, 0.4) is 0 Å². The third-order valence-corrected chi connectivity index (χ3v) is 4.37. The molecule has 0 fully saturated rings. The first-order valence-electron chi connectivity index (χ1n) is 7.86. The number of halogens is 2. The molecule has 1 atom stereocenters. The fraction of sp³-hybridized carbons (Fsp3) is 0.222. The summed E-state index contributed by atoms with van der Waals surface area (Å²) >= 11 is 11.8. The van der Waals surface area contributed by atoms with Crippen LogP contribution in [-0.4, -0.2) is 24.6 Å². The van der Waals surface area contributed by atoms with Crippen LogP contribution in [0.2, 0.25) is 10.0 Å². The Bertz CT molecular complexity index is 857. The highest BCUT2D eigenvalue weighted by Crippen LogP contribution is 2.32. The Morgan fingerprint density at radius 1 is 1.12 bits per heavy atom. The summed E-state index contributed by atoms with van der Waals surface area (Å²) in [5.74, 6) is 0.564. The normalized spacial score (nSPS) is 13.2. The SMILES string of the molecule is C[C@@H](NC(=O)c1ccc(Cl)cc1Cl)C(=O)NCc1ccc2c(c1)OCO2. The van der Waals surface area contributed by atoms with Crippen LogP contribution in [0.1, 0.15) is 22.8 Å². The smallest absolute Gasteiger partial charge is 0.253 e. The zero-order valence-corrected chi connectivity index (χ0v) is 15.4. The molecule has 2 aromatic rings. The lowest BCUT2D eigenvalue weighted by Gasteiger charge is -2.15. The number of nitrogens with one attached hydrogen (secondary N) is 2. The van der Waals surface area contributed by atoms with Gasteiger partial charge in [0, 0.05) is 11.6 Å². The summed E-state index contributed by atoms with van der Waals surface area (Å²) in [4.78, 5) is 24.5. The first-order valence-corrected chi connectivity index (χ1v) is 8.62. The monoisotopic (exact) mass is 394 g/mol. The Labute approximate surface area is 160 Å². The summed E-state index contributed by atoms with van der Waals surface area (Å²) < 4.78 is 10.5. The molecule has 0 spiro atoms. The lowest BCUT2D eigenvalue weighted by molar-refractivity contribution is -0.122. The topological polar surface area (TPSA) is 76.7 Å². The number of ether oxygens (including phenoxy) is 2. The quantitative estimate of drug-likeness (QED) is 0.816. The van der Waals surface area contributed by atoms with Gasteiger partial charge in [0.25, 0.3) is 5.91 Å². The second-order valence-electron chi connectivity index (χ2n) is 5.72. The highest BCUT2D eigenvalue weighted by molar-refractivity contribution is 6.36. The van der Waals surface area contributed by atoms with E-state index in [2.05, 4.69) is 10.6 Å². The predicted octanol–water partition coefficient (Wildman–Crippen LogP) is 3.16. The Morgan fingerprint density at radius 2 is 1.88 bits per heavy atom. The highest BCUT2D eigenvalue weighted by atomic mass is 35.5. The van der Waals surface area contributed by atoms with Crippen LogP contribution >= 0.6 is 23.2 Å². The van der Waals surface area contributed by atoms with Gasteiger partial charge in [0.05, 0.1) is 10.6 Å². The number of benzene rings is 2. The molecule has 0 unspecified atom stereocenters. The van der Waals surface area contributed by atoms with Crippen molar-refractivity contribution >= 4 is 35.0 Å². The molecule has 1 aliphatic rings. The van der Waals surface area contributed by atoms with Gasteiger partial charge in [-0.05, 0) is 42.8 Å². The van der Waals surface area contributed by atoms with E-state index >= 15 is 0 Å². The van der Waals surface area contributed by atoms with Gasteiger partial charge in [0.2, 0.25) is 12.7 Å². The van der Waals surface area contributed by atoms with Gasteiger partial charge in [-0.3, -0.25) is 9.59 Å². The second kappa shape index (κ2) is 7.85. The van der Waals surface area contributed by atoms with Gasteiger partial charge < -0.3 is 20.1 Å². The van der Waals surface area contributed by atoms with Gasteiger partial charge in [-0.2, -0.15) is 0 Å². The molecule has 0 saturated carbocycles. The molecule has 8 heteroatoms. The fourth-order valence-corrected chi connectivity index (χ4v) is 2.90. The average molecular weight is 395 g/mol. The molecule has 2 amide bonds. The van der Waals surface area contributed by atoms with Crippen LogP contribution in [0.5, 0.6) is 11.5 Å². The fourth-order valence-electron chi connectivity index (χ4n) is 2.41.